The first-order valence-corrected chi connectivity index (χ1v) is 15.3. The number of nitrogens with one attached hydrogen (secondary N) is 1. The van der Waals surface area contributed by atoms with Crippen molar-refractivity contribution in [1.29, 1.82) is 0 Å². The molecule has 2 aliphatic heterocycles. The Labute approximate surface area is 260 Å². The topological polar surface area (TPSA) is 48.5 Å². The van der Waals surface area contributed by atoms with E-state index in [1.54, 1.807) is 18.2 Å². The summed E-state index contributed by atoms with van der Waals surface area (Å²) in [6.07, 6.45) is -0.0551. The van der Waals surface area contributed by atoms with Gasteiger partial charge in [0, 0.05) is 47.2 Å². The number of rotatable bonds is 6. The molecular formula is C35H32ClF3N4O. The molecule has 1 amide bonds. The summed E-state index contributed by atoms with van der Waals surface area (Å²) in [4.78, 5) is 23.4. The van der Waals surface area contributed by atoms with Crippen LogP contribution in [0.3, 0.4) is 0 Å². The summed E-state index contributed by atoms with van der Waals surface area (Å²) >= 11 is 6.01. The molecule has 2 saturated heterocycles. The van der Waals surface area contributed by atoms with Crippen molar-refractivity contribution in [2.45, 2.75) is 44.4 Å². The number of hydrogen-bond acceptors (Lipinski definition) is 4. The lowest BCUT2D eigenvalue weighted by Crippen LogP contribution is -2.42. The SMILES string of the molecule is O=C(c1cc(NCc2ccc(C(F)(F)F)cc2)nc2ccc(C#Cc3ccc(Cl)cc3)cc12)N1CCC[C@H]1CN1CCCC1. The number of likely N-dealkylation sites (tertiary alicyclic amines) is 2. The van der Waals surface area contributed by atoms with Gasteiger partial charge in [0.25, 0.3) is 5.91 Å². The molecule has 3 heterocycles. The van der Waals surface area contributed by atoms with Crippen LogP contribution in [0.5, 0.6) is 0 Å². The fourth-order valence-corrected chi connectivity index (χ4v) is 6.09. The summed E-state index contributed by atoms with van der Waals surface area (Å²) in [6, 6.07) is 19.9. The Bertz CT molecular complexity index is 1710. The fourth-order valence-electron chi connectivity index (χ4n) is 5.96. The molecule has 4 aromatic rings. The van der Waals surface area contributed by atoms with Gasteiger partial charge in [0.05, 0.1) is 16.6 Å². The largest absolute Gasteiger partial charge is 0.416 e. The van der Waals surface area contributed by atoms with Gasteiger partial charge in [-0.15, -0.1) is 0 Å². The van der Waals surface area contributed by atoms with Crippen LogP contribution in [0.1, 0.15) is 58.3 Å². The second kappa shape index (κ2) is 12.9. The maximum absolute atomic E-state index is 14.2. The van der Waals surface area contributed by atoms with Crippen molar-refractivity contribution in [3.63, 3.8) is 0 Å². The van der Waals surface area contributed by atoms with Gasteiger partial charge >= 0.3 is 6.18 Å². The second-order valence-electron chi connectivity index (χ2n) is 11.4. The highest BCUT2D eigenvalue weighted by atomic mass is 35.5. The number of carbonyl (C=O) groups excluding carboxylic acids is 1. The number of amides is 1. The van der Waals surface area contributed by atoms with Gasteiger partial charge in [-0.2, -0.15) is 13.2 Å². The number of nitrogens with zero attached hydrogens (tertiary/aromatic N) is 3. The van der Waals surface area contributed by atoms with Gasteiger partial charge in [0.15, 0.2) is 0 Å². The van der Waals surface area contributed by atoms with E-state index < -0.39 is 11.7 Å². The van der Waals surface area contributed by atoms with Crippen molar-refractivity contribution in [2.75, 3.05) is 31.5 Å². The van der Waals surface area contributed by atoms with Gasteiger partial charge in [-0.05, 0) is 105 Å². The first-order valence-electron chi connectivity index (χ1n) is 14.9. The predicted octanol–water partition coefficient (Wildman–Crippen LogP) is 7.62. The average molecular weight is 617 g/mol. The number of pyridine rings is 1. The van der Waals surface area contributed by atoms with E-state index in [1.807, 2.05) is 35.2 Å². The number of benzene rings is 3. The highest BCUT2D eigenvalue weighted by Gasteiger charge is 2.33. The highest BCUT2D eigenvalue weighted by molar-refractivity contribution is 6.30. The summed E-state index contributed by atoms with van der Waals surface area (Å²) < 4.78 is 39.0. The van der Waals surface area contributed by atoms with Gasteiger partial charge in [-0.25, -0.2) is 4.98 Å². The Morgan fingerprint density at radius 2 is 1.61 bits per heavy atom. The quantitative estimate of drug-likeness (QED) is 0.227. The maximum Gasteiger partial charge on any atom is 0.416 e. The normalized spacial score (nSPS) is 17.1. The van der Waals surface area contributed by atoms with Crippen molar-refractivity contribution in [3.05, 3.63) is 106 Å². The molecule has 5 nitrogen and oxygen atoms in total. The van der Waals surface area contributed by atoms with E-state index in [0.29, 0.717) is 39.4 Å². The molecule has 2 fully saturated rings. The Kier molecular flexibility index (Phi) is 8.79. The lowest BCUT2D eigenvalue weighted by molar-refractivity contribution is -0.137. The summed E-state index contributed by atoms with van der Waals surface area (Å²) in [5.74, 6) is 6.79. The van der Waals surface area contributed by atoms with Gasteiger partial charge in [-0.3, -0.25) is 4.79 Å². The monoisotopic (exact) mass is 616 g/mol. The minimum absolute atomic E-state index is 0.0421. The number of halogens is 4. The van der Waals surface area contributed by atoms with E-state index in [2.05, 4.69) is 22.1 Å². The number of aromatic nitrogens is 1. The molecule has 1 atom stereocenters. The Morgan fingerprint density at radius 1 is 0.909 bits per heavy atom. The summed E-state index contributed by atoms with van der Waals surface area (Å²) in [6.45, 7) is 3.99. The number of carbonyl (C=O) groups is 1. The van der Waals surface area contributed by atoms with E-state index in [9.17, 15) is 18.0 Å². The van der Waals surface area contributed by atoms with Crippen LogP contribution in [-0.2, 0) is 12.7 Å². The molecule has 226 valence electrons. The van der Waals surface area contributed by atoms with Crippen molar-refractivity contribution < 1.29 is 18.0 Å². The summed E-state index contributed by atoms with van der Waals surface area (Å²) in [7, 11) is 0. The van der Waals surface area contributed by atoms with Crippen molar-refractivity contribution >= 4 is 34.2 Å². The van der Waals surface area contributed by atoms with Crippen molar-refractivity contribution in [3.8, 4) is 11.8 Å². The van der Waals surface area contributed by atoms with Crippen LogP contribution in [0.25, 0.3) is 10.9 Å². The molecule has 9 heteroatoms. The molecule has 2 aliphatic rings. The van der Waals surface area contributed by atoms with Crippen LogP contribution < -0.4 is 5.32 Å². The molecule has 3 aromatic carbocycles. The molecule has 0 saturated carbocycles. The van der Waals surface area contributed by atoms with Gasteiger partial charge in [0.1, 0.15) is 5.82 Å². The number of alkyl halides is 3. The molecule has 0 unspecified atom stereocenters. The molecule has 0 radical (unpaired) electrons. The minimum atomic E-state index is -4.39. The van der Waals surface area contributed by atoms with E-state index in [1.165, 1.54) is 25.0 Å². The molecule has 1 aromatic heterocycles. The smallest absolute Gasteiger partial charge is 0.366 e. The molecule has 0 spiro atoms. The van der Waals surface area contributed by atoms with Crippen LogP contribution >= 0.6 is 11.6 Å². The number of anilines is 1. The maximum atomic E-state index is 14.2. The van der Waals surface area contributed by atoms with Crippen LogP contribution in [0.4, 0.5) is 19.0 Å². The summed E-state index contributed by atoms with van der Waals surface area (Å²) in [5.41, 5.74) is 2.73. The molecule has 0 bridgehead atoms. The first-order chi connectivity index (χ1) is 21.2. The zero-order chi connectivity index (χ0) is 30.7. The summed E-state index contributed by atoms with van der Waals surface area (Å²) in [5, 5.41) is 4.58. The lowest BCUT2D eigenvalue weighted by Gasteiger charge is -2.29. The zero-order valence-electron chi connectivity index (χ0n) is 24.1. The van der Waals surface area contributed by atoms with Crippen molar-refractivity contribution in [2.24, 2.45) is 0 Å². The van der Waals surface area contributed by atoms with Crippen LogP contribution in [0.2, 0.25) is 5.02 Å². The standard InChI is InChI=1S/C35H32ClF3N4O/c36-28-14-9-24(10-15-28)5-6-25-11-16-32-30(20-25)31(34(44)43-19-3-4-29(43)23-42-17-1-2-18-42)21-33(41-32)40-22-26-7-12-27(13-8-26)35(37,38)39/h7-16,20-21,29H,1-4,17-19,22-23H2,(H,40,41)/t29-/m0/s1. The third-order valence-corrected chi connectivity index (χ3v) is 8.55. The predicted molar refractivity (Wildman–Crippen MR) is 168 cm³/mol. The van der Waals surface area contributed by atoms with Crippen LogP contribution in [-0.4, -0.2) is 52.9 Å². The van der Waals surface area contributed by atoms with Crippen LogP contribution in [0, 0.1) is 11.8 Å². The van der Waals surface area contributed by atoms with E-state index in [4.69, 9.17) is 16.6 Å². The van der Waals surface area contributed by atoms with Gasteiger partial charge < -0.3 is 15.1 Å². The fraction of sp³-hybridized carbons (Fsp3) is 0.314. The van der Waals surface area contributed by atoms with E-state index >= 15 is 0 Å². The van der Waals surface area contributed by atoms with Gasteiger partial charge in [-0.1, -0.05) is 35.6 Å². The Morgan fingerprint density at radius 3 is 2.34 bits per heavy atom. The van der Waals surface area contributed by atoms with Crippen molar-refractivity contribution in [1.82, 2.24) is 14.8 Å². The Balaban J connectivity index is 1.31. The van der Waals surface area contributed by atoms with E-state index in [0.717, 1.165) is 55.7 Å². The second-order valence-corrected chi connectivity index (χ2v) is 11.8. The third-order valence-electron chi connectivity index (χ3n) is 8.30. The molecule has 44 heavy (non-hydrogen) atoms. The molecule has 0 aliphatic carbocycles. The van der Waals surface area contributed by atoms with E-state index in [-0.39, 0.29) is 18.5 Å². The molecule has 6 rings (SSSR count). The first kappa shape index (κ1) is 30.0. The highest BCUT2D eigenvalue weighted by Crippen LogP contribution is 2.30. The number of hydrogen-bond donors (Lipinski definition) is 1. The third kappa shape index (κ3) is 7.01. The van der Waals surface area contributed by atoms with Crippen LogP contribution in [0.15, 0.2) is 72.8 Å². The Hall–Kier alpha value is -4.06. The average Bonchev–Trinajstić information content (AvgIpc) is 3.71. The number of fused-ring (bicyclic) bond motifs is 1. The molecular weight excluding hydrogens is 585 g/mol. The van der Waals surface area contributed by atoms with Gasteiger partial charge in [0.2, 0.25) is 0 Å². The minimum Gasteiger partial charge on any atom is -0.366 e. The zero-order valence-corrected chi connectivity index (χ0v) is 24.9. The lowest BCUT2D eigenvalue weighted by atomic mass is 10.0. The molecule has 1 N–H and O–H groups in total.